The van der Waals surface area contributed by atoms with Gasteiger partial charge in [-0.15, -0.1) is 12.4 Å². The molecule has 0 saturated carbocycles. The van der Waals surface area contributed by atoms with Crippen LogP contribution in [0.25, 0.3) is 10.9 Å². The monoisotopic (exact) mass is 417 g/mol. The van der Waals surface area contributed by atoms with Gasteiger partial charge in [-0.25, -0.2) is 9.37 Å². The van der Waals surface area contributed by atoms with Crippen LogP contribution in [0.15, 0.2) is 48.5 Å². The van der Waals surface area contributed by atoms with Crippen LogP contribution in [0.2, 0.25) is 0 Å². The average Bonchev–Trinajstić information content (AvgIpc) is 2.74. The standard InChI is InChI=1S/C21H24FN5O.ClH/c22-17-7-2-4-9-19(17)26-11-13-27(14-12-26)21-24-18-8-3-1-6-16(18)20(25-21)23-10-5-15-28;/h1-4,6-9,28H,5,10-15H2,(H,23,24,25);1H. The van der Waals surface area contributed by atoms with Gasteiger partial charge in [-0.05, 0) is 30.7 Å². The van der Waals surface area contributed by atoms with Crippen molar-refractivity contribution in [3.05, 3.63) is 54.3 Å². The minimum Gasteiger partial charge on any atom is -0.396 e. The average molecular weight is 418 g/mol. The van der Waals surface area contributed by atoms with Crippen molar-refractivity contribution in [3.8, 4) is 0 Å². The van der Waals surface area contributed by atoms with Gasteiger partial charge in [-0.1, -0.05) is 24.3 Å². The molecule has 0 aliphatic carbocycles. The van der Waals surface area contributed by atoms with Gasteiger partial charge in [0.25, 0.3) is 0 Å². The first-order chi connectivity index (χ1) is 13.8. The lowest BCUT2D eigenvalue weighted by Crippen LogP contribution is -2.47. The largest absolute Gasteiger partial charge is 0.396 e. The SMILES string of the molecule is Cl.OCCCNc1nc(N2CCN(c3ccccc3F)CC2)nc2ccccc12. The molecule has 1 aliphatic heterocycles. The summed E-state index contributed by atoms with van der Waals surface area (Å²) in [6, 6.07) is 14.8. The number of aromatic nitrogens is 2. The van der Waals surface area contributed by atoms with Crippen molar-refractivity contribution in [2.45, 2.75) is 6.42 Å². The number of nitrogens with zero attached hydrogens (tertiary/aromatic N) is 4. The number of piperazine rings is 1. The minimum atomic E-state index is -0.187. The third kappa shape index (κ3) is 4.68. The van der Waals surface area contributed by atoms with Crippen molar-refractivity contribution >= 4 is 40.8 Å². The highest BCUT2D eigenvalue weighted by Gasteiger charge is 2.22. The summed E-state index contributed by atoms with van der Waals surface area (Å²) >= 11 is 0. The maximum absolute atomic E-state index is 14.1. The lowest BCUT2D eigenvalue weighted by Gasteiger charge is -2.36. The van der Waals surface area contributed by atoms with Crippen LogP contribution in [0.5, 0.6) is 0 Å². The third-order valence-corrected chi connectivity index (χ3v) is 4.97. The van der Waals surface area contributed by atoms with Crippen molar-refractivity contribution in [1.29, 1.82) is 0 Å². The fraction of sp³-hybridized carbons (Fsp3) is 0.333. The molecule has 8 heteroatoms. The van der Waals surface area contributed by atoms with E-state index in [4.69, 9.17) is 15.1 Å². The quantitative estimate of drug-likeness (QED) is 0.600. The first kappa shape index (κ1) is 21.1. The summed E-state index contributed by atoms with van der Waals surface area (Å²) in [5.74, 6) is 1.28. The van der Waals surface area contributed by atoms with Gasteiger partial charge in [0.05, 0.1) is 11.2 Å². The first-order valence-electron chi connectivity index (χ1n) is 9.62. The highest BCUT2D eigenvalue weighted by atomic mass is 35.5. The van der Waals surface area contributed by atoms with Crippen molar-refractivity contribution in [3.63, 3.8) is 0 Å². The second kappa shape index (κ2) is 9.71. The molecule has 1 fully saturated rings. The van der Waals surface area contributed by atoms with Gasteiger partial charge in [0.1, 0.15) is 11.6 Å². The lowest BCUT2D eigenvalue weighted by molar-refractivity contribution is 0.292. The third-order valence-electron chi connectivity index (χ3n) is 4.97. The van der Waals surface area contributed by atoms with E-state index in [-0.39, 0.29) is 24.8 Å². The summed E-state index contributed by atoms with van der Waals surface area (Å²) < 4.78 is 14.1. The van der Waals surface area contributed by atoms with Crippen molar-refractivity contribution in [2.24, 2.45) is 0 Å². The van der Waals surface area contributed by atoms with Crippen LogP contribution in [0.1, 0.15) is 6.42 Å². The molecule has 29 heavy (non-hydrogen) atoms. The molecule has 1 aromatic heterocycles. The predicted molar refractivity (Wildman–Crippen MR) is 118 cm³/mol. The molecule has 4 rings (SSSR count). The Kier molecular flexibility index (Phi) is 7.06. The highest BCUT2D eigenvalue weighted by Crippen LogP contribution is 2.25. The van der Waals surface area contributed by atoms with Crippen LogP contribution < -0.4 is 15.1 Å². The van der Waals surface area contributed by atoms with Gasteiger partial charge in [0.15, 0.2) is 0 Å². The molecule has 1 aliphatic rings. The number of hydrogen-bond acceptors (Lipinski definition) is 6. The molecule has 2 heterocycles. The highest BCUT2D eigenvalue weighted by molar-refractivity contribution is 5.90. The molecule has 0 bridgehead atoms. The summed E-state index contributed by atoms with van der Waals surface area (Å²) in [7, 11) is 0. The maximum atomic E-state index is 14.1. The Morgan fingerprint density at radius 1 is 0.931 bits per heavy atom. The number of fused-ring (bicyclic) bond motifs is 1. The van der Waals surface area contributed by atoms with Gasteiger partial charge in [0, 0.05) is 44.7 Å². The topological polar surface area (TPSA) is 64.5 Å². The molecule has 1 saturated heterocycles. The normalized spacial score (nSPS) is 14.0. The van der Waals surface area contributed by atoms with Crippen molar-refractivity contribution in [2.75, 3.05) is 54.4 Å². The Morgan fingerprint density at radius 2 is 1.62 bits per heavy atom. The number of halogens is 2. The zero-order valence-electron chi connectivity index (χ0n) is 16.1. The van der Waals surface area contributed by atoms with E-state index in [9.17, 15) is 4.39 Å². The van der Waals surface area contributed by atoms with Crippen LogP contribution in [0.3, 0.4) is 0 Å². The number of anilines is 3. The summed E-state index contributed by atoms with van der Waals surface area (Å²) in [6.07, 6.45) is 0.662. The number of rotatable bonds is 6. The number of hydrogen-bond donors (Lipinski definition) is 2. The Bertz CT molecular complexity index is 949. The van der Waals surface area contributed by atoms with E-state index < -0.39 is 0 Å². The Morgan fingerprint density at radius 3 is 2.38 bits per heavy atom. The molecular weight excluding hydrogens is 393 g/mol. The Labute approximate surface area is 175 Å². The second-order valence-electron chi connectivity index (χ2n) is 6.82. The second-order valence-corrected chi connectivity index (χ2v) is 6.82. The van der Waals surface area contributed by atoms with Crippen LogP contribution in [-0.4, -0.2) is 54.4 Å². The molecule has 6 nitrogen and oxygen atoms in total. The zero-order chi connectivity index (χ0) is 19.3. The van der Waals surface area contributed by atoms with Gasteiger partial charge < -0.3 is 20.2 Å². The fourth-order valence-electron chi connectivity index (χ4n) is 3.48. The minimum absolute atomic E-state index is 0. The molecule has 0 radical (unpaired) electrons. The first-order valence-corrected chi connectivity index (χ1v) is 9.62. The Hall–Kier alpha value is -2.64. The molecule has 0 spiro atoms. The van der Waals surface area contributed by atoms with Crippen LogP contribution in [-0.2, 0) is 0 Å². The predicted octanol–water partition coefficient (Wildman–Crippen LogP) is 3.31. The van der Waals surface area contributed by atoms with Crippen LogP contribution in [0.4, 0.5) is 21.8 Å². The maximum Gasteiger partial charge on any atom is 0.228 e. The van der Waals surface area contributed by atoms with Crippen LogP contribution in [0, 0.1) is 5.82 Å². The van der Waals surface area contributed by atoms with Crippen molar-refractivity contribution in [1.82, 2.24) is 9.97 Å². The lowest BCUT2D eigenvalue weighted by atomic mass is 10.2. The van der Waals surface area contributed by atoms with Gasteiger partial charge >= 0.3 is 0 Å². The number of aliphatic hydroxyl groups is 1. The fourth-order valence-corrected chi connectivity index (χ4v) is 3.48. The number of para-hydroxylation sites is 2. The van der Waals surface area contributed by atoms with Crippen molar-refractivity contribution < 1.29 is 9.50 Å². The summed E-state index contributed by atoms with van der Waals surface area (Å²) in [5, 5.41) is 13.3. The molecule has 3 aromatic rings. The molecule has 2 aromatic carbocycles. The van der Waals surface area contributed by atoms with Gasteiger partial charge in [-0.3, -0.25) is 0 Å². The molecular formula is C21H25ClFN5O. The van der Waals surface area contributed by atoms with Gasteiger partial charge in [0.2, 0.25) is 5.95 Å². The molecule has 2 N–H and O–H groups in total. The number of aliphatic hydroxyl groups excluding tert-OH is 1. The molecule has 154 valence electrons. The van der Waals surface area contributed by atoms with E-state index in [1.165, 1.54) is 6.07 Å². The van der Waals surface area contributed by atoms with E-state index in [1.54, 1.807) is 6.07 Å². The number of nitrogens with one attached hydrogen (secondary N) is 1. The van der Waals surface area contributed by atoms with E-state index >= 15 is 0 Å². The van der Waals surface area contributed by atoms with E-state index in [0.717, 1.165) is 29.8 Å². The Balaban J connectivity index is 0.00000240. The van der Waals surface area contributed by atoms with Gasteiger partial charge in [-0.2, -0.15) is 4.98 Å². The summed E-state index contributed by atoms with van der Waals surface area (Å²) in [5.41, 5.74) is 1.53. The molecule has 0 amide bonds. The van der Waals surface area contributed by atoms with E-state index in [1.807, 2.05) is 36.4 Å². The van der Waals surface area contributed by atoms with Crippen LogP contribution >= 0.6 is 12.4 Å². The number of benzene rings is 2. The molecule has 0 unspecified atom stereocenters. The summed E-state index contributed by atoms with van der Waals surface area (Å²) in [4.78, 5) is 13.7. The smallest absolute Gasteiger partial charge is 0.228 e. The van der Waals surface area contributed by atoms with E-state index in [2.05, 4.69) is 15.1 Å². The zero-order valence-corrected chi connectivity index (χ0v) is 16.9. The molecule has 0 atom stereocenters. The van der Waals surface area contributed by atoms with E-state index in [0.29, 0.717) is 37.7 Å². The summed E-state index contributed by atoms with van der Waals surface area (Å²) in [6.45, 7) is 3.67.